The average Bonchev–Trinajstić information content (AvgIpc) is 2.68. The van der Waals surface area contributed by atoms with Gasteiger partial charge in [0.2, 0.25) is 0 Å². The van der Waals surface area contributed by atoms with E-state index in [0.29, 0.717) is 6.42 Å². The molecular weight excluding hydrogens is 248 g/mol. The lowest BCUT2D eigenvalue weighted by atomic mass is 10.0. The van der Waals surface area contributed by atoms with Crippen LogP contribution in [0.2, 0.25) is 0 Å². The molecule has 106 valence electrons. The molecule has 0 saturated carbocycles. The topological polar surface area (TPSA) is 34.9 Å². The first-order valence-corrected chi connectivity index (χ1v) is 7.08. The van der Waals surface area contributed by atoms with Gasteiger partial charge in [0.05, 0.1) is 17.8 Å². The molecule has 2 aromatic rings. The first-order chi connectivity index (χ1) is 9.45. The van der Waals surface area contributed by atoms with Crippen molar-refractivity contribution in [3.8, 4) is 0 Å². The van der Waals surface area contributed by atoms with Gasteiger partial charge >= 0.3 is 0 Å². The number of hydrogen-bond acceptors (Lipinski definition) is 2. The summed E-state index contributed by atoms with van der Waals surface area (Å²) >= 11 is 0. The van der Waals surface area contributed by atoms with Gasteiger partial charge in [-0.2, -0.15) is 5.10 Å². The van der Waals surface area contributed by atoms with E-state index in [9.17, 15) is 4.79 Å². The van der Waals surface area contributed by atoms with Gasteiger partial charge in [0.1, 0.15) is 0 Å². The highest BCUT2D eigenvalue weighted by atomic mass is 16.1. The van der Waals surface area contributed by atoms with E-state index >= 15 is 0 Å². The van der Waals surface area contributed by atoms with Crippen LogP contribution in [0, 0.1) is 27.7 Å². The van der Waals surface area contributed by atoms with Crippen LogP contribution in [0.5, 0.6) is 0 Å². The van der Waals surface area contributed by atoms with E-state index in [2.05, 4.69) is 37.1 Å². The minimum atomic E-state index is 0.174. The zero-order valence-corrected chi connectivity index (χ0v) is 12.9. The van der Waals surface area contributed by atoms with E-state index in [4.69, 9.17) is 0 Å². The van der Waals surface area contributed by atoms with Gasteiger partial charge in [0.25, 0.3) is 0 Å². The second-order valence-corrected chi connectivity index (χ2v) is 5.35. The smallest absolute Gasteiger partial charge is 0.166 e. The summed E-state index contributed by atoms with van der Waals surface area (Å²) in [5.74, 6) is 0.174. The fraction of sp³-hybridized carbons (Fsp3) is 0.412. The second-order valence-electron chi connectivity index (χ2n) is 5.35. The third-order valence-corrected chi connectivity index (χ3v) is 3.93. The molecule has 1 aromatic carbocycles. The van der Waals surface area contributed by atoms with Crippen LogP contribution < -0.4 is 0 Å². The third-order valence-electron chi connectivity index (χ3n) is 3.93. The molecule has 0 amide bonds. The molecule has 0 aliphatic heterocycles. The first-order valence-electron chi connectivity index (χ1n) is 7.08. The molecule has 0 radical (unpaired) electrons. The molecule has 1 heterocycles. The molecule has 0 saturated heterocycles. The molecular formula is C17H22N2O. The summed E-state index contributed by atoms with van der Waals surface area (Å²) in [7, 11) is 0. The number of carbonyl (C=O) groups is 1. The van der Waals surface area contributed by atoms with Gasteiger partial charge in [-0.15, -0.1) is 0 Å². The van der Waals surface area contributed by atoms with Crippen LogP contribution in [0.25, 0.3) is 0 Å². The van der Waals surface area contributed by atoms with E-state index < -0.39 is 0 Å². The molecule has 0 atom stereocenters. The van der Waals surface area contributed by atoms with E-state index in [1.54, 1.807) is 0 Å². The van der Waals surface area contributed by atoms with E-state index in [1.165, 1.54) is 16.7 Å². The number of benzene rings is 1. The Kier molecular flexibility index (Phi) is 4.07. The van der Waals surface area contributed by atoms with E-state index in [-0.39, 0.29) is 5.78 Å². The molecule has 0 unspecified atom stereocenters. The van der Waals surface area contributed by atoms with Crippen molar-refractivity contribution in [2.75, 3.05) is 0 Å². The molecule has 20 heavy (non-hydrogen) atoms. The Labute approximate surface area is 120 Å². The fourth-order valence-electron chi connectivity index (χ4n) is 2.68. The number of hydrogen-bond donors (Lipinski definition) is 0. The number of ketones is 1. The Bertz CT molecular complexity index is 633. The summed E-state index contributed by atoms with van der Waals surface area (Å²) in [4.78, 5) is 12.0. The molecule has 0 bridgehead atoms. The number of aromatic nitrogens is 2. The normalized spacial score (nSPS) is 10.8. The Morgan fingerprint density at radius 3 is 2.30 bits per heavy atom. The Morgan fingerprint density at radius 1 is 1.15 bits per heavy atom. The Morgan fingerprint density at radius 2 is 1.75 bits per heavy atom. The van der Waals surface area contributed by atoms with E-state index in [1.807, 2.05) is 25.5 Å². The van der Waals surface area contributed by atoms with Crippen LogP contribution >= 0.6 is 0 Å². The molecule has 0 spiro atoms. The van der Waals surface area contributed by atoms with Crippen molar-refractivity contribution in [3.63, 3.8) is 0 Å². The summed E-state index contributed by atoms with van der Waals surface area (Å²) < 4.78 is 1.95. The minimum absolute atomic E-state index is 0.174. The molecule has 1 aromatic heterocycles. The average molecular weight is 270 g/mol. The quantitative estimate of drug-likeness (QED) is 0.793. The molecule has 0 fully saturated rings. The zero-order valence-electron chi connectivity index (χ0n) is 12.9. The molecule has 0 aliphatic carbocycles. The number of aryl methyl sites for hydroxylation is 3. The van der Waals surface area contributed by atoms with Gasteiger partial charge in [-0.3, -0.25) is 9.48 Å². The highest BCUT2D eigenvalue weighted by Gasteiger charge is 2.17. The maximum Gasteiger partial charge on any atom is 0.166 e. The van der Waals surface area contributed by atoms with Crippen LogP contribution in [0.4, 0.5) is 0 Å². The molecule has 2 rings (SSSR count). The molecule has 0 N–H and O–H groups in total. The van der Waals surface area contributed by atoms with Crippen LogP contribution in [0.1, 0.15) is 51.8 Å². The molecule has 3 heteroatoms. The lowest BCUT2D eigenvalue weighted by Crippen LogP contribution is -2.08. The molecule has 0 aliphatic rings. The molecule has 3 nitrogen and oxygen atoms in total. The van der Waals surface area contributed by atoms with Gasteiger partial charge in [-0.25, -0.2) is 0 Å². The number of nitrogens with zero attached hydrogens (tertiary/aromatic N) is 2. The van der Waals surface area contributed by atoms with Crippen LogP contribution in [-0.4, -0.2) is 15.6 Å². The lowest BCUT2D eigenvalue weighted by molar-refractivity contribution is 0.0987. The summed E-state index contributed by atoms with van der Waals surface area (Å²) in [6.07, 6.45) is 0.525. The predicted octanol–water partition coefficient (Wildman–Crippen LogP) is 3.76. The summed E-state index contributed by atoms with van der Waals surface area (Å²) in [5, 5.41) is 4.55. The van der Waals surface area contributed by atoms with Crippen molar-refractivity contribution < 1.29 is 4.79 Å². The Balaban J connectivity index is 2.43. The minimum Gasteiger partial charge on any atom is -0.294 e. The highest BCUT2D eigenvalue weighted by Crippen LogP contribution is 2.19. The Hall–Kier alpha value is -1.90. The van der Waals surface area contributed by atoms with E-state index in [0.717, 1.165) is 23.5 Å². The number of Topliss-reactive ketones (excluding diaryl/α,β-unsaturated/α-hetero) is 1. The second kappa shape index (κ2) is 5.61. The van der Waals surface area contributed by atoms with Gasteiger partial charge in [0, 0.05) is 12.1 Å². The largest absolute Gasteiger partial charge is 0.294 e. The van der Waals surface area contributed by atoms with Crippen molar-refractivity contribution in [1.82, 2.24) is 9.78 Å². The van der Waals surface area contributed by atoms with Gasteiger partial charge < -0.3 is 0 Å². The maximum absolute atomic E-state index is 12.0. The number of carbonyl (C=O) groups excluding carboxylic acids is 1. The predicted molar refractivity (Wildman–Crippen MR) is 81.3 cm³/mol. The monoisotopic (exact) mass is 270 g/mol. The van der Waals surface area contributed by atoms with Gasteiger partial charge in [-0.05, 0) is 44.4 Å². The van der Waals surface area contributed by atoms with Gasteiger partial charge in [-0.1, -0.05) is 25.1 Å². The van der Waals surface area contributed by atoms with Crippen molar-refractivity contribution in [2.45, 2.75) is 47.6 Å². The summed E-state index contributed by atoms with van der Waals surface area (Å²) in [6.45, 7) is 10.7. The summed E-state index contributed by atoms with van der Waals surface area (Å²) in [6, 6.07) is 6.31. The van der Waals surface area contributed by atoms with Crippen LogP contribution in [0.15, 0.2) is 18.2 Å². The number of rotatable bonds is 4. The fourth-order valence-corrected chi connectivity index (χ4v) is 2.68. The summed E-state index contributed by atoms with van der Waals surface area (Å²) in [5.41, 5.74) is 6.41. The third kappa shape index (κ3) is 2.53. The zero-order chi connectivity index (χ0) is 14.9. The highest BCUT2D eigenvalue weighted by molar-refractivity contribution is 5.97. The SMILES string of the molecule is CCC(=O)c1c(C)nn(Cc2c(C)cccc2C)c1C. The standard InChI is InChI=1S/C17H22N2O/c1-6-16(20)17-13(4)18-19(14(17)5)10-15-11(2)8-7-9-12(15)3/h7-9H,6,10H2,1-5H3. The lowest BCUT2D eigenvalue weighted by Gasteiger charge is -2.11. The van der Waals surface area contributed by atoms with Crippen molar-refractivity contribution in [1.29, 1.82) is 0 Å². The van der Waals surface area contributed by atoms with Crippen LogP contribution in [0.3, 0.4) is 0 Å². The first kappa shape index (κ1) is 14.5. The van der Waals surface area contributed by atoms with Crippen molar-refractivity contribution in [3.05, 3.63) is 51.8 Å². The maximum atomic E-state index is 12.0. The van der Waals surface area contributed by atoms with Crippen molar-refractivity contribution in [2.24, 2.45) is 0 Å². The van der Waals surface area contributed by atoms with Gasteiger partial charge in [0.15, 0.2) is 5.78 Å². The van der Waals surface area contributed by atoms with Crippen LogP contribution in [-0.2, 0) is 6.54 Å². The van der Waals surface area contributed by atoms with Crippen molar-refractivity contribution >= 4 is 5.78 Å².